The van der Waals surface area contributed by atoms with E-state index in [2.05, 4.69) is 5.32 Å². The molecule has 1 unspecified atom stereocenters. The molecule has 0 aliphatic carbocycles. The van der Waals surface area contributed by atoms with Gasteiger partial charge in [-0.25, -0.2) is 12.8 Å². The number of carbonyl (C=O) groups is 2. The third-order valence-corrected chi connectivity index (χ3v) is 7.69. The molecule has 10 heteroatoms. The number of sulfonamides is 1. The maximum Gasteiger partial charge on any atom is 0.264 e. The van der Waals surface area contributed by atoms with E-state index >= 15 is 0 Å². The molecule has 0 radical (unpaired) electrons. The molecule has 38 heavy (non-hydrogen) atoms. The zero-order valence-corrected chi connectivity index (χ0v) is 23.3. The van der Waals surface area contributed by atoms with Crippen molar-refractivity contribution >= 4 is 39.1 Å². The van der Waals surface area contributed by atoms with Crippen molar-refractivity contribution in [3.63, 3.8) is 0 Å². The Morgan fingerprint density at radius 2 is 1.53 bits per heavy atom. The third-order valence-electron chi connectivity index (χ3n) is 5.66. The second-order valence-electron chi connectivity index (χ2n) is 9.84. The fourth-order valence-corrected chi connectivity index (χ4v) is 5.30. The number of anilines is 1. The van der Waals surface area contributed by atoms with Gasteiger partial charge < -0.3 is 10.2 Å². The molecule has 7 nitrogen and oxygen atoms in total. The first-order valence-corrected chi connectivity index (χ1v) is 13.8. The summed E-state index contributed by atoms with van der Waals surface area (Å²) in [7, 11) is -4.33. The SMILES string of the molecule is CC(C(=O)NC(C)(C)C)N(Cc1ccc(Cl)cc1)C(=O)CN(c1ccccc1F)S(=O)(=O)c1ccccc1. The van der Waals surface area contributed by atoms with Gasteiger partial charge in [-0.3, -0.25) is 13.9 Å². The summed E-state index contributed by atoms with van der Waals surface area (Å²) in [6, 6.07) is 18.6. The average molecular weight is 560 g/mol. The number of hydrogen-bond acceptors (Lipinski definition) is 4. The van der Waals surface area contributed by atoms with Gasteiger partial charge in [0.25, 0.3) is 10.0 Å². The van der Waals surface area contributed by atoms with E-state index < -0.39 is 45.8 Å². The monoisotopic (exact) mass is 559 g/mol. The quantitative estimate of drug-likeness (QED) is 0.399. The Bertz CT molecular complexity index is 1380. The normalized spacial score (nSPS) is 12.5. The first-order valence-electron chi connectivity index (χ1n) is 12.0. The Kier molecular flexibility index (Phi) is 9.17. The molecule has 3 aromatic carbocycles. The molecule has 3 rings (SSSR count). The fraction of sp³-hybridized carbons (Fsp3) is 0.286. The van der Waals surface area contributed by atoms with Crippen LogP contribution in [-0.4, -0.2) is 43.3 Å². The van der Waals surface area contributed by atoms with E-state index in [4.69, 9.17) is 11.6 Å². The van der Waals surface area contributed by atoms with Gasteiger partial charge in [-0.15, -0.1) is 0 Å². The molecule has 0 aliphatic rings. The summed E-state index contributed by atoms with van der Waals surface area (Å²) in [5.74, 6) is -1.90. The fourth-order valence-electron chi connectivity index (χ4n) is 3.73. The van der Waals surface area contributed by atoms with E-state index in [0.717, 1.165) is 10.4 Å². The number of rotatable bonds is 9. The van der Waals surface area contributed by atoms with Gasteiger partial charge in [-0.2, -0.15) is 0 Å². The van der Waals surface area contributed by atoms with Crippen molar-refractivity contribution < 1.29 is 22.4 Å². The van der Waals surface area contributed by atoms with Crippen LogP contribution in [0.25, 0.3) is 0 Å². The van der Waals surface area contributed by atoms with E-state index in [9.17, 15) is 22.4 Å². The molecular formula is C28H31ClFN3O4S. The minimum Gasteiger partial charge on any atom is -0.350 e. The highest BCUT2D eigenvalue weighted by molar-refractivity contribution is 7.92. The van der Waals surface area contributed by atoms with Crippen LogP contribution in [0.5, 0.6) is 0 Å². The standard InChI is InChI=1S/C28H31ClFN3O4S/c1-20(27(35)31-28(2,3)4)32(18-21-14-16-22(29)17-15-21)26(34)19-33(25-13-9-8-12-24(25)30)38(36,37)23-10-6-5-7-11-23/h5-17,20H,18-19H2,1-4H3,(H,31,35). The summed E-state index contributed by atoms with van der Waals surface area (Å²) >= 11 is 6.00. The van der Waals surface area contributed by atoms with Crippen LogP contribution in [-0.2, 0) is 26.2 Å². The predicted molar refractivity (Wildman–Crippen MR) is 147 cm³/mol. The van der Waals surface area contributed by atoms with Gasteiger partial charge in [0.2, 0.25) is 11.8 Å². The molecule has 1 atom stereocenters. The maximum absolute atomic E-state index is 14.9. The van der Waals surface area contributed by atoms with Crippen LogP contribution in [0.2, 0.25) is 5.02 Å². The first-order chi connectivity index (χ1) is 17.8. The zero-order chi connectivity index (χ0) is 28.1. The van der Waals surface area contributed by atoms with Gasteiger partial charge in [0.15, 0.2) is 0 Å². The predicted octanol–water partition coefficient (Wildman–Crippen LogP) is 5.01. The van der Waals surface area contributed by atoms with Gasteiger partial charge in [0.1, 0.15) is 18.4 Å². The second-order valence-corrected chi connectivity index (χ2v) is 12.1. The van der Waals surface area contributed by atoms with Crippen LogP contribution in [0.4, 0.5) is 10.1 Å². The van der Waals surface area contributed by atoms with Gasteiger partial charge in [-0.05, 0) is 69.7 Å². The topological polar surface area (TPSA) is 86.8 Å². The zero-order valence-electron chi connectivity index (χ0n) is 21.7. The molecule has 2 amide bonds. The number of carbonyl (C=O) groups excluding carboxylic acids is 2. The van der Waals surface area contributed by atoms with Crippen molar-refractivity contribution in [3.05, 3.63) is 95.3 Å². The van der Waals surface area contributed by atoms with E-state index in [0.29, 0.717) is 10.6 Å². The van der Waals surface area contributed by atoms with Crippen LogP contribution in [0.1, 0.15) is 33.3 Å². The highest BCUT2D eigenvalue weighted by Crippen LogP contribution is 2.27. The lowest BCUT2D eigenvalue weighted by molar-refractivity contribution is -0.140. The molecule has 0 saturated carbocycles. The van der Waals surface area contributed by atoms with E-state index in [-0.39, 0.29) is 17.1 Å². The Morgan fingerprint density at radius 1 is 0.947 bits per heavy atom. The molecule has 0 bridgehead atoms. The molecule has 0 fully saturated rings. The summed E-state index contributed by atoms with van der Waals surface area (Å²) in [5.41, 5.74) is -0.152. The summed E-state index contributed by atoms with van der Waals surface area (Å²) in [4.78, 5) is 28.0. The van der Waals surface area contributed by atoms with Gasteiger partial charge in [0.05, 0.1) is 10.6 Å². The minimum atomic E-state index is -4.33. The number of hydrogen-bond donors (Lipinski definition) is 1. The Morgan fingerprint density at radius 3 is 2.11 bits per heavy atom. The molecule has 0 spiro atoms. The lowest BCUT2D eigenvalue weighted by Gasteiger charge is -2.33. The maximum atomic E-state index is 14.9. The smallest absolute Gasteiger partial charge is 0.264 e. The van der Waals surface area contributed by atoms with E-state index in [1.807, 2.05) is 20.8 Å². The van der Waals surface area contributed by atoms with Crippen LogP contribution in [0, 0.1) is 5.82 Å². The van der Waals surface area contributed by atoms with Gasteiger partial charge >= 0.3 is 0 Å². The van der Waals surface area contributed by atoms with Gasteiger partial charge in [-0.1, -0.05) is 54.1 Å². The highest BCUT2D eigenvalue weighted by Gasteiger charge is 2.34. The molecular weight excluding hydrogens is 529 g/mol. The highest BCUT2D eigenvalue weighted by atomic mass is 35.5. The Hall–Kier alpha value is -3.43. The largest absolute Gasteiger partial charge is 0.350 e. The molecule has 202 valence electrons. The van der Waals surface area contributed by atoms with Crippen molar-refractivity contribution in [3.8, 4) is 0 Å². The number of amides is 2. The van der Waals surface area contributed by atoms with Crippen LogP contribution in [0.3, 0.4) is 0 Å². The Balaban J connectivity index is 2.03. The van der Waals surface area contributed by atoms with Crippen molar-refractivity contribution in [2.45, 2.75) is 50.7 Å². The van der Waals surface area contributed by atoms with Crippen molar-refractivity contribution in [1.82, 2.24) is 10.2 Å². The summed E-state index contributed by atoms with van der Waals surface area (Å²) < 4.78 is 42.9. The van der Waals surface area contributed by atoms with Crippen molar-refractivity contribution in [2.75, 3.05) is 10.8 Å². The van der Waals surface area contributed by atoms with Crippen LogP contribution >= 0.6 is 11.6 Å². The number of benzene rings is 3. The van der Waals surface area contributed by atoms with E-state index in [1.54, 1.807) is 49.4 Å². The number of para-hydroxylation sites is 1. The molecule has 0 heterocycles. The molecule has 0 aliphatic heterocycles. The number of nitrogens with one attached hydrogen (secondary N) is 1. The molecule has 1 N–H and O–H groups in total. The summed E-state index contributed by atoms with van der Waals surface area (Å²) in [6.45, 7) is 6.29. The van der Waals surface area contributed by atoms with Gasteiger partial charge in [0, 0.05) is 17.1 Å². The van der Waals surface area contributed by atoms with Crippen molar-refractivity contribution in [1.29, 1.82) is 0 Å². The lowest BCUT2D eigenvalue weighted by atomic mass is 10.1. The van der Waals surface area contributed by atoms with Crippen LogP contribution < -0.4 is 9.62 Å². The summed E-state index contributed by atoms with van der Waals surface area (Å²) in [5, 5.41) is 3.36. The number of halogens is 2. The lowest BCUT2D eigenvalue weighted by Crippen LogP contribution is -2.54. The molecule has 3 aromatic rings. The molecule has 0 aromatic heterocycles. The second kappa shape index (κ2) is 12.0. The first kappa shape index (κ1) is 29.1. The molecule has 0 saturated heterocycles. The number of nitrogens with zero attached hydrogens (tertiary/aromatic N) is 2. The third kappa shape index (κ3) is 7.33. The Labute approximate surface area is 228 Å². The average Bonchev–Trinajstić information content (AvgIpc) is 2.86. The van der Waals surface area contributed by atoms with Crippen LogP contribution in [0.15, 0.2) is 83.8 Å². The van der Waals surface area contributed by atoms with E-state index in [1.165, 1.54) is 35.2 Å². The minimum absolute atomic E-state index is 0.00519. The summed E-state index contributed by atoms with van der Waals surface area (Å²) in [6.07, 6.45) is 0. The van der Waals surface area contributed by atoms with Crippen molar-refractivity contribution in [2.24, 2.45) is 0 Å².